The Morgan fingerprint density at radius 1 is 1.45 bits per heavy atom. The predicted molar refractivity (Wildman–Crippen MR) is 48.1 cm³/mol. The monoisotopic (exact) mass is 169 g/mol. The summed E-state index contributed by atoms with van der Waals surface area (Å²) in [5, 5.41) is 0.808. The maximum atomic E-state index is 6.03. The van der Waals surface area contributed by atoms with Gasteiger partial charge in [-0.3, -0.25) is 4.98 Å². The third-order valence-corrected chi connectivity index (χ3v) is 2.15. The number of rotatable bonds is 1. The minimum atomic E-state index is 0.405. The van der Waals surface area contributed by atoms with Crippen LogP contribution in [-0.4, -0.2) is 4.98 Å². The van der Waals surface area contributed by atoms with Crippen LogP contribution in [0.15, 0.2) is 12.3 Å². The van der Waals surface area contributed by atoms with E-state index in [4.69, 9.17) is 11.6 Å². The molecule has 0 N–H and O–H groups in total. The second-order valence-corrected chi connectivity index (χ2v) is 3.36. The topological polar surface area (TPSA) is 12.9 Å². The van der Waals surface area contributed by atoms with E-state index in [1.165, 1.54) is 0 Å². The molecule has 0 saturated carbocycles. The SMILES string of the molecule is Cc1ccnc(C(C)C)c1Cl. The number of nitrogens with zero attached hydrogens (tertiary/aromatic N) is 1. The summed E-state index contributed by atoms with van der Waals surface area (Å²) in [7, 11) is 0. The van der Waals surface area contributed by atoms with Gasteiger partial charge in [0.15, 0.2) is 0 Å². The standard InChI is InChI=1S/C9H12ClN/c1-6(2)9-8(10)7(3)4-5-11-9/h4-6H,1-3H3. The molecule has 0 spiro atoms. The Morgan fingerprint density at radius 3 is 2.55 bits per heavy atom. The molecule has 1 aromatic rings. The van der Waals surface area contributed by atoms with E-state index in [2.05, 4.69) is 18.8 Å². The van der Waals surface area contributed by atoms with Gasteiger partial charge in [-0.25, -0.2) is 0 Å². The van der Waals surface area contributed by atoms with Crippen LogP contribution in [0.2, 0.25) is 5.02 Å². The lowest BCUT2D eigenvalue weighted by Gasteiger charge is -2.07. The molecule has 0 radical (unpaired) electrons. The Morgan fingerprint density at radius 2 is 2.09 bits per heavy atom. The molecule has 0 amide bonds. The Hall–Kier alpha value is -0.560. The molecule has 11 heavy (non-hydrogen) atoms. The van der Waals surface area contributed by atoms with Crippen LogP contribution in [0.25, 0.3) is 0 Å². The molecule has 1 nitrogen and oxygen atoms in total. The van der Waals surface area contributed by atoms with E-state index in [0.29, 0.717) is 5.92 Å². The van der Waals surface area contributed by atoms with Crippen LogP contribution < -0.4 is 0 Å². The molecule has 0 saturated heterocycles. The first-order chi connectivity index (χ1) is 5.13. The molecular formula is C9H12ClN. The molecule has 0 aliphatic heterocycles. The summed E-state index contributed by atoms with van der Waals surface area (Å²) in [6.45, 7) is 6.18. The van der Waals surface area contributed by atoms with E-state index in [-0.39, 0.29) is 0 Å². The van der Waals surface area contributed by atoms with Crippen molar-refractivity contribution in [1.29, 1.82) is 0 Å². The summed E-state index contributed by atoms with van der Waals surface area (Å²) in [5.74, 6) is 0.405. The van der Waals surface area contributed by atoms with Crippen LogP contribution in [-0.2, 0) is 0 Å². The second-order valence-electron chi connectivity index (χ2n) is 2.98. The molecule has 60 valence electrons. The molecule has 0 fully saturated rings. The highest BCUT2D eigenvalue weighted by atomic mass is 35.5. The van der Waals surface area contributed by atoms with Crippen LogP contribution in [0.4, 0.5) is 0 Å². The van der Waals surface area contributed by atoms with Crippen molar-refractivity contribution in [1.82, 2.24) is 4.98 Å². The van der Waals surface area contributed by atoms with Crippen molar-refractivity contribution in [3.05, 3.63) is 28.5 Å². The van der Waals surface area contributed by atoms with Crippen LogP contribution in [0.3, 0.4) is 0 Å². The van der Waals surface area contributed by atoms with Crippen molar-refractivity contribution in [2.24, 2.45) is 0 Å². The average molecular weight is 170 g/mol. The number of halogens is 1. The van der Waals surface area contributed by atoms with Crippen LogP contribution in [0.5, 0.6) is 0 Å². The molecule has 0 aliphatic carbocycles. The smallest absolute Gasteiger partial charge is 0.0653 e. The predicted octanol–water partition coefficient (Wildman–Crippen LogP) is 3.17. The highest BCUT2D eigenvalue weighted by molar-refractivity contribution is 6.32. The molecule has 0 aromatic carbocycles. The van der Waals surface area contributed by atoms with Gasteiger partial charge in [-0.15, -0.1) is 0 Å². The largest absolute Gasteiger partial charge is 0.259 e. The molecule has 2 heteroatoms. The van der Waals surface area contributed by atoms with Crippen LogP contribution >= 0.6 is 11.6 Å². The van der Waals surface area contributed by atoms with Gasteiger partial charge in [-0.05, 0) is 24.5 Å². The molecular weight excluding hydrogens is 158 g/mol. The summed E-state index contributed by atoms with van der Waals surface area (Å²) < 4.78 is 0. The molecule has 1 rings (SSSR count). The third kappa shape index (κ3) is 1.72. The molecule has 0 unspecified atom stereocenters. The number of aromatic nitrogens is 1. The Bertz CT molecular complexity index is 256. The summed E-state index contributed by atoms with van der Waals surface area (Å²) in [6, 6.07) is 1.92. The van der Waals surface area contributed by atoms with E-state index < -0.39 is 0 Å². The first-order valence-electron chi connectivity index (χ1n) is 3.74. The van der Waals surface area contributed by atoms with Gasteiger partial charge < -0.3 is 0 Å². The molecule has 0 atom stereocenters. The lowest BCUT2D eigenvalue weighted by molar-refractivity contribution is 0.821. The summed E-state index contributed by atoms with van der Waals surface area (Å²) >= 11 is 6.03. The minimum absolute atomic E-state index is 0.405. The lowest BCUT2D eigenvalue weighted by atomic mass is 10.1. The number of aryl methyl sites for hydroxylation is 1. The van der Waals surface area contributed by atoms with Gasteiger partial charge in [0.1, 0.15) is 0 Å². The van der Waals surface area contributed by atoms with Crippen molar-refractivity contribution >= 4 is 11.6 Å². The summed E-state index contributed by atoms with van der Waals surface area (Å²) in [6.07, 6.45) is 1.80. The van der Waals surface area contributed by atoms with Crippen LogP contribution in [0.1, 0.15) is 31.0 Å². The zero-order chi connectivity index (χ0) is 8.43. The minimum Gasteiger partial charge on any atom is -0.259 e. The summed E-state index contributed by atoms with van der Waals surface area (Å²) in [5.41, 5.74) is 2.09. The number of pyridine rings is 1. The van der Waals surface area contributed by atoms with E-state index in [0.717, 1.165) is 16.3 Å². The Labute approximate surface area is 72.4 Å². The van der Waals surface area contributed by atoms with Gasteiger partial charge in [-0.1, -0.05) is 25.4 Å². The quantitative estimate of drug-likeness (QED) is 0.630. The number of hydrogen-bond donors (Lipinski definition) is 0. The van der Waals surface area contributed by atoms with Crippen molar-refractivity contribution in [3.8, 4) is 0 Å². The lowest BCUT2D eigenvalue weighted by Crippen LogP contribution is -1.94. The Balaban J connectivity index is 3.17. The van der Waals surface area contributed by atoms with E-state index >= 15 is 0 Å². The Kier molecular flexibility index (Phi) is 2.50. The zero-order valence-electron chi connectivity index (χ0n) is 7.06. The summed E-state index contributed by atoms with van der Waals surface area (Å²) in [4.78, 5) is 4.21. The van der Waals surface area contributed by atoms with Crippen molar-refractivity contribution < 1.29 is 0 Å². The van der Waals surface area contributed by atoms with E-state index in [9.17, 15) is 0 Å². The van der Waals surface area contributed by atoms with Crippen LogP contribution in [0, 0.1) is 6.92 Å². The van der Waals surface area contributed by atoms with Crippen molar-refractivity contribution in [2.45, 2.75) is 26.7 Å². The van der Waals surface area contributed by atoms with Gasteiger partial charge in [0.05, 0.1) is 10.7 Å². The average Bonchev–Trinajstić information content (AvgIpc) is 1.94. The van der Waals surface area contributed by atoms with Gasteiger partial charge in [0, 0.05) is 6.20 Å². The molecule has 0 aliphatic rings. The zero-order valence-corrected chi connectivity index (χ0v) is 7.81. The van der Waals surface area contributed by atoms with Crippen molar-refractivity contribution in [3.63, 3.8) is 0 Å². The fourth-order valence-corrected chi connectivity index (χ4v) is 1.29. The highest BCUT2D eigenvalue weighted by Crippen LogP contribution is 2.24. The van der Waals surface area contributed by atoms with Gasteiger partial charge >= 0.3 is 0 Å². The van der Waals surface area contributed by atoms with E-state index in [1.54, 1.807) is 6.20 Å². The molecule has 1 aromatic heterocycles. The first kappa shape index (κ1) is 8.54. The van der Waals surface area contributed by atoms with E-state index in [1.807, 2.05) is 13.0 Å². The molecule has 1 heterocycles. The van der Waals surface area contributed by atoms with Gasteiger partial charge in [0.25, 0.3) is 0 Å². The fourth-order valence-electron chi connectivity index (χ4n) is 0.964. The highest BCUT2D eigenvalue weighted by Gasteiger charge is 2.06. The second kappa shape index (κ2) is 3.22. The van der Waals surface area contributed by atoms with Gasteiger partial charge in [-0.2, -0.15) is 0 Å². The third-order valence-electron chi connectivity index (χ3n) is 1.66. The maximum Gasteiger partial charge on any atom is 0.0653 e. The molecule has 0 bridgehead atoms. The van der Waals surface area contributed by atoms with Gasteiger partial charge in [0.2, 0.25) is 0 Å². The first-order valence-corrected chi connectivity index (χ1v) is 4.11. The van der Waals surface area contributed by atoms with Crippen molar-refractivity contribution in [2.75, 3.05) is 0 Å². The number of hydrogen-bond acceptors (Lipinski definition) is 1. The fraction of sp³-hybridized carbons (Fsp3) is 0.444. The normalized spacial score (nSPS) is 10.6. The maximum absolute atomic E-state index is 6.03.